The molecule has 0 amide bonds. The number of ether oxygens (including phenoxy) is 2. The topological polar surface area (TPSA) is 54.8 Å². The second-order valence-electron chi connectivity index (χ2n) is 8.44. The van der Waals surface area contributed by atoms with E-state index in [1.807, 2.05) is 12.1 Å². The van der Waals surface area contributed by atoms with E-state index in [0.717, 1.165) is 24.2 Å². The third-order valence-electron chi connectivity index (χ3n) is 5.80. The largest absolute Gasteiger partial charge is 0.475 e. The molecular formula is C23H32N2O3. The fourth-order valence-corrected chi connectivity index (χ4v) is 4.29. The minimum atomic E-state index is -1.13. The van der Waals surface area contributed by atoms with Gasteiger partial charge in [-0.1, -0.05) is 45.0 Å². The predicted octanol–water partition coefficient (Wildman–Crippen LogP) is 3.42. The molecule has 1 atom stereocenters. The van der Waals surface area contributed by atoms with Crippen LogP contribution in [0.4, 0.5) is 0 Å². The number of pyridine rings is 1. The van der Waals surface area contributed by atoms with Gasteiger partial charge in [-0.3, -0.25) is 0 Å². The molecule has 1 aliphatic rings. The predicted molar refractivity (Wildman–Crippen MR) is 111 cm³/mol. The van der Waals surface area contributed by atoms with Crippen LogP contribution in [0, 0.1) is 5.41 Å². The number of benzene rings is 1. The Morgan fingerprint density at radius 2 is 1.82 bits per heavy atom. The van der Waals surface area contributed by atoms with Gasteiger partial charge in [0.05, 0.1) is 6.61 Å². The number of likely N-dealkylation sites (tertiary alicyclic amines) is 1. The molecule has 0 radical (unpaired) electrons. The van der Waals surface area contributed by atoms with Crippen molar-refractivity contribution in [2.24, 2.45) is 5.41 Å². The maximum Gasteiger partial charge on any atom is 0.213 e. The van der Waals surface area contributed by atoms with Gasteiger partial charge in [0, 0.05) is 37.9 Å². The van der Waals surface area contributed by atoms with Crippen molar-refractivity contribution in [2.75, 3.05) is 40.5 Å². The third-order valence-corrected chi connectivity index (χ3v) is 5.80. The van der Waals surface area contributed by atoms with Gasteiger partial charge < -0.3 is 19.5 Å². The van der Waals surface area contributed by atoms with Gasteiger partial charge in [0.1, 0.15) is 12.2 Å². The first-order valence-corrected chi connectivity index (χ1v) is 9.90. The first-order chi connectivity index (χ1) is 13.3. The van der Waals surface area contributed by atoms with Crippen molar-refractivity contribution in [2.45, 2.75) is 32.3 Å². The summed E-state index contributed by atoms with van der Waals surface area (Å²) in [5, 5.41) is 12.1. The number of nitrogens with zero attached hydrogens (tertiary/aromatic N) is 2. The van der Waals surface area contributed by atoms with Gasteiger partial charge in [-0.05, 0) is 35.7 Å². The zero-order valence-electron chi connectivity index (χ0n) is 17.6. The Morgan fingerprint density at radius 1 is 1.14 bits per heavy atom. The van der Waals surface area contributed by atoms with Crippen LogP contribution in [0.15, 0.2) is 42.6 Å². The van der Waals surface area contributed by atoms with Gasteiger partial charge in [-0.25, -0.2) is 4.98 Å². The molecule has 1 aromatic carbocycles. The van der Waals surface area contributed by atoms with Gasteiger partial charge in [0.15, 0.2) is 0 Å². The molecule has 0 bridgehead atoms. The van der Waals surface area contributed by atoms with Crippen LogP contribution in [-0.4, -0.2) is 55.5 Å². The molecule has 0 aliphatic carbocycles. The number of hydrogen-bond acceptors (Lipinski definition) is 5. The second kappa shape index (κ2) is 8.19. The number of aliphatic hydroxyl groups is 1. The molecule has 1 saturated heterocycles. The molecule has 3 rings (SSSR count). The average molecular weight is 385 g/mol. The average Bonchev–Trinajstić information content (AvgIpc) is 2.66. The Labute approximate surface area is 168 Å². The fraction of sp³-hybridized carbons (Fsp3) is 0.522. The molecule has 5 heteroatoms. The summed E-state index contributed by atoms with van der Waals surface area (Å²) < 4.78 is 10.7. The summed E-state index contributed by atoms with van der Waals surface area (Å²) in [6.07, 6.45) is 1.71. The molecule has 1 aromatic heterocycles. The number of methoxy groups -OCH3 is 1. The Balaban J connectivity index is 2.01. The van der Waals surface area contributed by atoms with Crippen molar-refractivity contribution in [1.82, 2.24) is 9.88 Å². The number of rotatable bonds is 8. The summed E-state index contributed by atoms with van der Waals surface area (Å²) in [6.45, 7) is 9.06. The van der Waals surface area contributed by atoms with Crippen molar-refractivity contribution in [3.8, 4) is 5.88 Å². The SMILES string of the molecule is COCCOc1cc([C@@](O)(c2ccc(C(C)C)cc2)C2(C)CN(C)C2)ccn1. The molecule has 1 aliphatic heterocycles. The first kappa shape index (κ1) is 20.8. The molecule has 0 unspecified atom stereocenters. The lowest BCUT2D eigenvalue weighted by molar-refractivity contribution is -0.127. The van der Waals surface area contributed by atoms with Crippen LogP contribution in [0.3, 0.4) is 0 Å². The van der Waals surface area contributed by atoms with E-state index in [2.05, 4.69) is 62.0 Å². The molecule has 0 saturated carbocycles. The maximum absolute atomic E-state index is 12.1. The van der Waals surface area contributed by atoms with E-state index in [1.54, 1.807) is 13.3 Å². The Hall–Kier alpha value is -1.95. The minimum Gasteiger partial charge on any atom is -0.475 e. The van der Waals surface area contributed by atoms with Crippen LogP contribution in [0.1, 0.15) is 43.4 Å². The van der Waals surface area contributed by atoms with Gasteiger partial charge >= 0.3 is 0 Å². The lowest BCUT2D eigenvalue weighted by Gasteiger charge is -2.56. The summed E-state index contributed by atoms with van der Waals surface area (Å²) >= 11 is 0. The zero-order chi connectivity index (χ0) is 20.4. The first-order valence-electron chi connectivity index (χ1n) is 9.90. The highest BCUT2D eigenvalue weighted by atomic mass is 16.5. The van der Waals surface area contributed by atoms with Crippen LogP contribution < -0.4 is 4.74 Å². The highest BCUT2D eigenvalue weighted by Crippen LogP contribution is 2.50. The van der Waals surface area contributed by atoms with E-state index in [-0.39, 0.29) is 5.41 Å². The second-order valence-corrected chi connectivity index (χ2v) is 8.44. The van der Waals surface area contributed by atoms with Gasteiger partial charge in [-0.15, -0.1) is 0 Å². The Morgan fingerprint density at radius 3 is 2.39 bits per heavy atom. The van der Waals surface area contributed by atoms with Crippen molar-refractivity contribution in [3.05, 3.63) is 59.3 Å². The fourth-order valence-electron chi connectivity index (χ4n) is 4.29. The third kappa shape index (κ3) is 3.79. The van der Waals surface area contributed by atoms with Gasteiger partial charge in [0.25, 0.3) is 0 Å². The van der Waals surface area contributed by atoms with Crippen molar-refractivity contribution in [1.29, 1.82) is 0 Å². The van der Waals surface area contributed by atoms with E-state index < -0.39 is 5.60 Å². The molecule has 1 N–H and O–H groups in total. The van der Waals surface area contributed by atoms with Gasteiger partial charge in [-0.2, -0.15) is 0 Å². The van der Waals surface area contributed by atoms with Crippen LogP contribution in [0.2, 0.25) is 0 Å². The summed E-state index contributed by atoms with van der Waals surface area (Å²) in [5.41, 5.74) is 1.55. The Bertz CT molecular complexity index is 785. The van der Waals surface area contributed by atoms with Crippen molar-refractivity contribution >= 4 is 0 Å². The van der Waals surface area contributed by atoms with Crippen molar-refractivity contribution < 1.29 is 14.6 Å². The zero-order valence-corrected chi connectivity index (χ0v) is 17.6. The number of aromatic nitrogens is 1. The lowest BCUT2D eigenvalue weighted by Crippen LogP contribution is -2.63. The smallest absolute Gasteiger partial charge is 0.213 e. The highest BCUT2D eigenvalue weighted by Gasteiger charge is 2.55. The van der Waals surface area contributed by atoms with Gasteiger partial charge in [0.2, 0.25) is 5.88 Å². The van der Waals surface area contributed by atoms with E-state index in [0.29, 0.717) is 25.0 Å². The van der Waals surface area contributed by atoms with Crippen LogP contribution in [0.25, 0.3) is 0 Å². The molecule has 2 aromatic rings. The highest BCUT2D eigenvalue weighted by molar-refractivity contribution is 5.42. The van der Waals surface area contributed by atoms with E-state index in [4.69, 9.17) is 9.47 Å². The monoisotopic (exact) mass is 384 g/mol. The minimum absolute atomic E-state index is 0.299. The lowest BCUT2D eigenvalue weighted by atomic mass is 9.62. The normalized spacial score (nSPS) is 18.5. The summed E-state index contributed by atoms with van der Waals surface area (Å²) in [6, 6.07) is 12.1. The molecular weight excluding hydrogens is 352 g/mol. The van der Waals surface area contributed by atoms with Crippen LogP contribution in [-0.2, 0) is 10.3 Å². The van der Waals surface area contributed by atoms with E-state index in [1.165, 1.54) is 5.56 Å². The molecule has 28 heavy (non-hydrogen) atoms. The summed E-state index contributed by atoms with van der Waals surface area (Å²) in [5.74, 6) is 0.956. The molecule has 5 nitrogen and oxygen atoms in total. The quantitative estimate of drug-likeness (QED) is 0.707. The van der Waals surface area contributed by atoms with E-state index >= 15 is 0 Å². The van der Waals surface area contributed by atoms with Crippen LogP contribution in [0.5, 0.6) is 5.88 Å². The number of hydrogen-bond donors (Lipinski definition) is 1. The summed E-state index contributed by atoms with van der Waals surface area (Å²) in [7, 11) is 3.72. The van der Waals surface area contributed by atoms with E-state index in [9.17, 15) is 5.11 Å². The van der Waals surface area contributed by atoms with Crippen LogP contribution >= 0.6 is 0 Å². The summed E-state index contributed by atoms with van der Waals surface area (Å²) in [4.78, 5) is 6.52. The molecule has 152 valence electrons. The van der Waals surface area contributed by atoms with Crippen molar-refractivity contribution in [3.63, 3.8) is 0 Å². The Kier molecular flexibility index (Phi) is 6.08. The standard InChI is InChI=1S/C23H32N2O3/c1-17(2)18-6-8-19(9-7-18)23(26,22(3)15-25(4)16-22)20-10-11-24-21(14-20)28-13-12-27-5/h6-11,14,17,26H,12-13,15-16H2,1-5H3/t23-/m0/s1. The maximum atomic E-state index is 12.1. The molecule has 1 fully saturated rings. The molecule has 0 spiro atoms. The molecule has 2 heterocycles.